The largest absolute Gasteiger partial charge is 0.442 e. The average molecular weight is 152 g/mol. The fraction of sp³-hybridized carbons (Fsp3) is 0.429. The van der Waals surface area contributed by atoms with Gasteiger partial charge in [0, 0.05) is 0 Å². The summed E-state index contributed by atoms with van der Waals surface area (Å²) in [5.74, 6) is -0.0486. The number of hydrogen-bond donors (Lipinski definition) is 1. The molecular formula is C7H8N2O2. The maximum atomic E-state index is 11.3. The second kappa shape index (κ2) is 1.92. The van der Waals surface area contributed by atoms with Crippen LogP contribution in [0, 0.1) is 0 Å². The minimum atomic E-state index is -0.662. The van der Waals surface area contributed by atoms with Crippen molar-refractivity contribution in [2.75, 3.05) is 0 Å². The molecule has 1 saturated carbocycles. The molecule has 0 radical (unpaired) electrons. The van der Waals surface area contributed by atoms with Crippen molar-refractivity contribution in [2.45, 2.75) is 18.4 Å². The van der Waals surface area contributed by atoms with Crippen LogP contribution in [0.15, 0.2) is 16.9 Å². The Labute approximate surface area is 63.4 Å². The van der Waals surface area contributed by atoms with Crippen molar-refractivity contribution in [1.82, 2.24) is 4.98 Å². The second-order valence-electron chi connectivity index (χ2n) is 2.82. The highest BCUT2D eigenvalue weighted by molar-refractivity contribution is 6.01. The number of oxazole rings is 1. The molecule has 1 fully saturated rings. The maximum Gasteiger partial charge on any atom is 0.265 e. The van der Waals surface area contributed by atoms with Crippen LogP contribution in [0.2, 0.25) is 0 Å². The third-order valence-corrected chi connectivity index (χ3v) is 1.87. The summed E-state index contributed by atoms with van der Waals surface area (Å²) in [5.41, 5.74) is 4.97. The molecule has 0 saturated heterocycles. The van der Waals surface area contributed by atoms with E-state index in [0.29, 0.717) is 0 Å². The van der Waals surface area contributed by atoms with Gasteiger partial charge in [-0.1, -0.05) is 0 Å². The van der Waals surface area contributed by atoms with Gasteiger partial charge < -0.3 is 10.2 Å². The van der Waals surface area contributed by atoms with E-state index in [0.717, 1.165) is 12.8 Å². The predicted octanol–water partition coefficient (Wildman–Crippen LogP) is 0.349. The Morgan fingerprint density at radius 1 is 1.73 bits per heavy atom. The van der Waals surface area contributed by atoms with Crippen LogP contribution in [0.3, 0.4) is 0 Å². The molecule has 1 aromatic rings. The van der Waals surface area contributed by atoms with Crippen LogP contribution in [0.1, 0.15) is 23.5 Å². The minimum Gasteiger partial charge on any atom is -0.442 e. The van der Waals surface area contributed by atoms with Crippen LogP contribution in [0.25, 0.3) is 0 Å². The predicted molar refractivity (Wildman–Crippen MR) is 37.0 cm³/mol. The quantitative estimate of drug-likeness (QED) is 0.621. The number of carbonyl (C=O) groups is 1. The zero-order valence-corrected chi connectivity index (χ0v) is 5.91. The first-order valence-electron chi connectivity index (χ1n) is 3.45. The molecule has 0 bridgehead atoms. The van der Waals surface area contributed by atoms with Crippen LogP contribution in [0.4, 0.5) is 0 Å². The number of carbonyl (C=O) groups excluding carboxylic acids is 1. The third kappa shape index (κ3) is 0.952. The molecule has 4 nitrogen and oxygen atoms in total. The van der Waals surface area contributed by atoms with Gasteiger partial charge in [0.15, 0.2) is 0 Å². The molecule has 0 aliphatic heterocycles. The Morgan fingerprint density at radius 2 is 2.45 bits per heavy atom. The highest BCUT2D eigenvalue weighted by atomic mass is 16.3. The molecule has 0 aromatic carbocycles. The van der Waals surface area contributed by atoms with Gasteiger partial charge in [0.25, 0.3) is 5.89 Å². The lowest BCUT2D eigenvalue weighted by Gasteiger charge is -2.00. The van der Waals surface area contributed by atoms with Crippen LogP contribution >= 0.6 is 0 Å². The number of nitrogens with zero attached hydrogens (tertiary/aromatic N) is 1. The van der Waals surface area contributed by atoms with Crippen molar-refractivity contribution in [3.63, 3.8) is 0 Å². The van der Waals surface area contributed by atoms with Crippen molar-refractivity contribution in [3.05, 3.63) is 18.4 Å². The lowest BCUT2D eigenvalue weighted by atomic mass is 10.2. The highest BCUT2D eigenvalue weighted by Crippen LogP contribution is 2.34. The van der Waals surface area contributed by atoms with Gasteiger partial charge in [-0.3, -0.25) is 4.79 Å². The first-order chi connectivity index (χ1) is 5.22. The third-order valence-electron chi connectivity index (χ3n) is 1.87. The second-order valence-corrected chi connectivity index (χ2v) is 2.82. The lowest BCUT2D eigenvalue weighted by Crippen LogP contribution is -2.32. The Balaban J connectivity index is 2.24. The van der Waals surface area contributed by atoms with Crippen LogP contribution in [-0.2, 0) is 0 Å². The van der Waals surface area contributed by atoms with E-state index < -0.39 is 5.54 Å². The van der Waals surface area contributed by atoms with Crippen LogP contribution in [-0.4, -0.2) is 16.3 Å². The van der Waals surface area contributed by atoms with Crippen molar-refractivity contribution < 1.29 is 9.21 Å². The maximum absolute atomic E-state index is 11.3. The van der Waals surface area contributed by atoms with E-state index in [1.54, 1.807) is 0 Å². The van der Waals surface area contributed by atoms with Crippen molar-refractivity contribution in [3.8, 4) is 0 Å². The molecule has 1 aliphatic carbocycles. The van der Waals surface area contributed by atoms with E-state index in [1.807, 2.05) is 0 Å². The topological polar surface area (TPSA) is 69.1 Å². The fourth-order valence-electron chi connectivity index (χ4n) is 0.910. The first kappa shape index (κ1) is 6.54. The molecule has 4 heteroatoms. The summed E-state index contributed by atoms with van der Waals surface area (Å²) in [4.78, 5) is 15.0. The monoisotopic (exact) mass is 152 g/mol. The lowest BCUT2D eigenvalue weighted by molar-refractivity contribution is 0.0914. The fourth-order valence-corrected chi connectivity index (χ4v) is 0.910. The molecule has 0 unspecified atom stereocenters. The first-order valence-corrected chi connectivity index (χ1v) is 3.45. The Bertz CT molecular complexity index is 275. The number of Topliss-reactive ketones (excluding diaryl/α,β-unsaturated/α-hetero) is 1. The average Bonchev–Trinajstić information content (AvgIpc) is 2.54. The van der Waals surface area contributed by atoms with Crippen molar-refractivity contribution in [1.29, 1.82) is 0 Å². The molecule has 11 heavy (non-hydrogen) atoms. The van der Waals surface area contributed by atoms with E-state index in [9.17, 15) is 4.79 Å². The molecule has 0 atom stereocenters. The number of ketones is 1. The molecule has 2 N–H and O–H groups in total. The standard InChI is InChI=1S/C7H8N2O2/c8-7(1-2-7)5(10)6-9-3-4-11-6/h3-4H,1-2,8H2. The molecule has 2 rings (SSSR count). The van der Waals surface area contributed by atoms with Gasteiger partial charge in [-0.15, -0.1) is 0 Å². The van der Waals surface area contributed by atoms with Gasteiger partial charge in [-0.2, -0.15) is 0 Å². The van der Waals surface area contributed by atoms with Crippen molar-refractivity contribution in [2.24, 2.45) is 5.73 Å². The van der Waals surface area contributed by atoms with Gasteiger partial charge in [0.05, 0.1) is 11.7 Å². The van der Waals surface area contributed by atoms with Gasteiger partial charge in [0.2, 0.25) is 5.78 Å². The smallest absolute Gasteiger partial charge is 0.265 e. The molecule has 1 aliphatic rings. The van der Waals surface area contributed by atoms with E-state index in [2.05, 4.69) is 4.98 Å². The van der Waals surface area contributed by atoms with Crippen molar-refractivity contribution >= 4 is 5.78 Å². The van der Waals surface area contributed by atoms with Crippen LogP contribution < -0.4 is 5.73 Å². The van der Waals surface area contributed by atoms with E-state index in [1.165, 1.54) is 12.5 Å². The molecule has 0 amide bonds. The number of aromatic nitrogens is 1. The Morgan fingerprint density at radius 3 is 2.91 bits per heavy atom. The summed E-state index contributed by atoms with van der Waals surface area (Å²) in [6.45, 7) is 0. The molecule has 1 aromatic heterocycles. The zero-order valence-electron chi connectivity index (χ0n) is 5.91. The van der Waals surface area contributed by atoms with E-state index in [-0.39, 0.29) is 11.7 Å². The molecule has 1 heterocycles. The molecular weight excluding hydrogens is 144 g/mol. The van der Waals surface area contributed by atoms with Gasteiger partial charge in [-0.25, -0.2) is 4.98 Å². The summed E-state index contributed by atoms with van der Waals surface area (Å²) in [6.07, 6.45) is 4.31. The molecule has 58 valence electrons. The number of hydrogen-bond acceptors (Lipinski definition) is 4. The normalized spacial score (nSPS) is 19.7. The van der Waals surface area contributed by atoms with Gasteiger partial charge in [0.1, 0.15) is 6.26 Å². The van der Waals surface area contributed by atoms with Crippen LogP contribution in [0.5, 0.6) is 0 Å². The minimum absolute atomic E-state index is 0.130. The summed E-state index contributed by atoms with van der Waals surface area (Å²) in [6, 6.07) is 0. The Hall–Kier alpha value is -1.16. The molecule has 0 spiro atoms. The summed E-state index contributed by atoms with van der Waals surface area (Å²) in [7, 11) is 0. The number of rotatable bonds is 2. The van der Waals surface area contributed by atoms with Gasteiger partial charge >= 0.3 is 0 Å². The SMILES string of the molecule is NC1(C(=O)c2ncco2)CC1. The zero-order chi connectivity index (χ0) is 7.90. The number of nitrogens with two attached hydrogens (primary N) is 1. The Kier molecular flexibility index (Phi) is 1.14. The van der Waals surface area contributed by atoms with E-state index in [4.69, 9.17) is 10.2 Å². The van der Waals surface area contributed by atoms with Gasteiger partial charge in [-0.05, 0) is 12.8 Å². The highest BCUT2D eigenvalue weighted by Gasteiger charge is 2.48. The van der Waals surface area contributed by atoms with E-state index >= 15 is 0 Å². The summed E-state index contributed by atoms with van der Waals surface area (Å²) in [5, 5.41) is 0. The summed E-state index contributed by atoms with van der Waals surface area (Å²) >= 11 is 0. The summed E-state index contributed by atoms with van der Waals surface area (Å²) < 4.78 is 4.82.